The van der Waals surface area contributed by atoms with Crippen LogP contribution in [-0.2, 0) is 4.79 Å². The molecular weight excluding hydrogens is 184 g/mol. The first kappa shape index (κ1) is 15.6. The van der Waals surface area contributed by atoms with Gasteiger partial charge in [0.05, 0.1) is 0 Å². The van der Waals surface area contributed by atoms with Gasteiger partial charge < -0.3 is 15.3 Å². The highest BCUT2D eigenvalue weighted by molar-refractivity contribution is 5.78. The molecule has 0 aromatic heterocycles. The van der Waals surface area contributed by atoms with Crippen LogP contribution < -0.4 is 0 Å². The van der Waals surface area contributed by atoms with Crippen molar-refractivity contribution in [2.45, 2.75) is 39.4 Å². The lowest BCUT2D eigenvalue weighted by molar-refractivity contribution is -0.131. The van der Waals surface area contributed by atoms with Gasteiger partial charge in [0.1, 0.15) is 0 Å². The Morgan fingerprint density at radius 1 is 1.36 bits per heavy atom. The Morgan fingerprint density at radius 2 is 1.79 bits per heavy atom. The smallest absolute Gasteiger partial charge is 0.327 e. The standard InChI is InChI=1S/C7H16O2.C3H4O2/c1-6(2)4-3-5-7(8)9;1-2-3(4)5/h6-9H,3-5H2,1-2H3;2H,1H2,(H,4,5). The maximum atomic E-state index is 9.25. The molecule has 14 heavy (non-hydrogen) atoms. The number of aliphatic hydroxyl groups excluding tert-OH is 1. The van der Waals surface area contributed by atoms with Crippen molar-refractivity contribution < 1.29 is 20.1 Å². The molecule has 0 saturated carbocycles. The topological polar surface area (TPSA) is 77.8 Å². The average Bonchev–Trinajstić information content (AvgIpc) is 2.04. The molecule has 84 valence electrons. The second-order valence-electron chi connectivity index (χ2n) is 3.35. The zero-order valence-electron chi connectivity index (χ0n) is 8.81. The third kappa shape index (κ3) is 22.5. The molecular formula is C10H20O4. The summed E-state index contributed by atoms with van der Waals surface area (Å²) in [4.78, 5) is 9.25. The zero-order chi connectivity index (χ0) is 11.6. The largest absolute Gasteiger partial charge is 0.478 e. The second kappa shape index (κ2) is 10.2. The molecule has 0 fully saturated rings. The highest BCUT2D eigenvalue weighted by Gasteiger charge is 1.98. The van der Waals surface area contributed by atoms with E-state index >= 15 is 0 Å². The van der Waals surface area contributed by atoms with E-state index in [9.17, 15) is 4.79 Å². The lowest BCUT2D eigenvalue weighted by atomic mass is 10.1. The SMILES string of the molecule is C=CC(=O)O.CC(C)CCCC(O)O. The summed E-state index contributed by atoms with van der Waals surface area (Å²) >= 11 is 0. The van der Waals surface area contributed by atoms with E-state index < -0.39 is 12.3 Å². The summed E-state index contributed by atoms with van der Waals surface area (Å²) in [6.07, 6.45) is 2.23. The Morgan fingerprint density at radius 3 is 2.00 bits per heavy atom. The van der Waals surface area contributed by atoms with Gasteiger partial charge in [-0.1, -0.05) is 26.8 Å². The van der Waals surface area contributed by atoms with Crippen LogP contribution in [0.1, 0.15) is 33.1 Å². The minimum absolute atomic E-state index is 0.512. The highest BCUT2D eigenvalue weighted by Crippen LogP contribution is 2.06. The predicted octanol–water partition coefficient (Wildman–Crippen LogP) is 1.38. The minimum Gasteiger partial charge on any atom is -0.478 e. The Balaban J connectivity index is 0. The van der Waals surface area contributed by atoms with E-state index in [2.05, 4.69) is 20.4 Å². The fourth-order valence-corrected chi connectivity index (χ4v) is 0.709. The molecule has 0 atom stereocenters. The van der Waals surface area contributed by atoms with Crippen molar-refractivity contribution in [2.75, 3.05) is 0 Å². The summed E-state index contributed by atoms with van der Waals surface area (Å²) in [6, 6.07) is 0. The number of hydrogen-bond donors (Lipinski definition) is 3. The van der Waals surface area contributed by atoms with Crippen LogP contribution in [0.5, 0.6) is 0 Å². The molecule has 0 spiro atoms. The van der Waals surface area contributed by atoms with E-state index in [1.165, 1.54) is 0 Å². The van der Waals surface area contributed by atoms with Crippen LogP contribution in [0.25, 0.3) is 0 Å². The Kier molecular flexibility index (Phi) is 11.4. The second-order valence-corrected chi connectivity index (χ2v) is 3.35. The maximum absolute atomic E-state index is 9.25. The van der Waals surface area contributed by atoms with Crippen molar-refractivity contribution in [1.82, 2.24) is 0 Å². The van der Waals surface area contributed by atoms with Crippen LogP contribution in [-0.4, -0.2) is 27.6 Å². The molecule has 4 nitrogen and oxygen atoms in total. The first-order valence-corrected chi connectivity index (χ1v) is 4.61. The molecule has 4 heteroatoms. The molecule has 0 bridgehead atoms. The molecule has 0 saturated heterocycles. The van der Waals surface area contributed by atoms with E-state index in [4.69, 9.17) is 15.3 Å². The number of carboxylic acids is 1. The molecule has 0 heterocycles. The van der Waals surface area contributed by atoms with Crippen LogP contribution in [0.4, 0.5) is 0 Å². The summed E-state index contributed by atoms with van der Waals surface area (Å²) in [5.41, 5.74) is 0. The number of carbonyl (C=O) groups is 1. The first-order valence-electron chi connectivity index (χ1n) is 4.61. The van der Waals surface area contributed by atoms with Crippen molar-refractivity contribution in [1.29, 1.82) is 0 Å². The number of aliphatic hydroxyl groups is 2. The molecule has 3 N–H and O–H groups in total. The molecule has 0 aliphatic heterocycles. The van der Waals surface area contributed by atoms with Gasteiger partial charge in [0.15, 0.2) is 6.29 Å². The highest BCUT2D eigenvalue weighted by atomic mass is 16.5. The number of carboxylic acid groups (broad SMARTS) is 1. The van der Waals surface area contributed by atoms with E-state index in [-0.39, 0.29) is 0 Å². The normalized spacial score (nSPS) is 9.57. The molecule has 0 radical (unpaired) electrons. The molecule has 0 amide bonds. The molecule has 0 aliphatic carbocycles. The summed E-state index contributed by atoms with van der Waals surface area (Å²) in [6.45, 7) is 7.22. The van der Waals surface area contributed by atoms with Gasteiger partial charge >= 0.3 is 5.97 Å². The quantitative estimate of drug-likeness (QED) is 0.467. The Labute approximate surface area is 84.9 Å². The van der Waals surface area contributed by atoms with Gasteiger partial charge in [-0.15, -0.1) is 0 Å². The van der Waals surface area contributed by atoms with Crippen LogP contribution in [0.15, 0.2) is 12.7 Å². The lowest BCUT2D eigenvalue weighted by Gasteiger charge is -2.04. The van der Waals surface area contributed by atoms with Crippen LogP contribution in [0, 0.1) is 5.92 Å². The maximum Gasteiger partial charge on any atom is 0.327 e. The lowest BCUT2D eigenvalue weighted by Crippen LogP contribution is -2.03. The van der Waals surface area contributed by atoms with Crippen LogP contribution >= 0.6 is 0 Å². The summed E-state index contributed by atoms with van der Waals surface area (Å²) in [5, 5.41) is 24.4. The number of aliphatic carboxylic acids is 1. The van der Waals surface area contributed by atoms with Crippen molar-refractivity contribution in [3.8, 4) is 0 Å². The molecule has 0 unspecified atom stereocenters. The Bertz CT molecular complexity index is 144. The van der Waals surface area contributed by atoms with Crippen molar-refractivity contribution in [3.05, 3.63) is 12.7 Å². The van der Waals surface area contributed by atoms with Gasteiger partial charge in [0, 0.05) is 6.08 Å². The summed E-state index contributed by atoms with van der Waals surface area (Å²) in [7, 11) is 0. The van der Waals surface area contributed by atoms with E-state index in [1.807, 2.05) is 0 Å². The fraction of sp³-hybridized carbons (Fsp3) is 0.700. The van der Waals surface area contributed by atoms with Gasteiger partial charge in [0.2, 0.25) is 0 Å². The van der Waals surface area contributed by atoms with Gasteiger partial charge in [-0.25, -0.2) is 4.79 Å². The average molecular weight is 204 g/mol. The Hall–Kier alpha value is -0.870. The van der Waals surface area contributed by atoms with Crippen LogP contribution in [0.2, 0.25) is 0 Å². The van der Waals surface area contributed by atoms with Crippen molar-refractivity contribution in [2.24, 2.45) is 5.92 Å². The monoisotopic (exact) mass is 204 g/mol. The molecule has 0 rings (SSSR count). The van der Waals surface area contributed by atoms with Gasteiger partial charge in [-0.3, -0.25) is 0 Å². The van der Waals surface area contributed by atoms with E-state index in [0.717, 1.165) is 18.9 Å². The third-order valence-electron chi connectivity index (χ3n) is 1.42. The van der Waals surface area contributed by atoms with Crippen molar-refractivity contribution in [3.63, 3.8) is 0 Å². The summed E-state index contributed by atoms with van der Waals surface area (Å²) < 4.78 is 0. The zero-order valence-corrected chi connectivity index (χ0v) is 8.81. The van der Waals surface area contributed by atoms with E-state index in [0.29, 0.717) is 12.3 Å². The number of hydrogen-bond acceptors (Lipinski definition) is 3. The van der Waals surface area contributed by atoms with Gasteiger partial charge in [-0.05, 0) is 18.8 Å². The van der Waals surface area contributed by atoms with E-state index in [1.54, 1.807) is 0 Å². The van der Waals surface area contributed by atoms with Crippen molar-refractivity contribution >= 4 is 5.97 Å². The first-order chi connectivity index (χ1) is 6.40. The number of rotatable bonds is 5. The van der Waals surface area contributed by atoms with Gasteiger partial charge in [-0.2, -0.15) is 0 Å². The third-order valence-corrected chi connectivity index (χ3v) is 1.42. The molecule has 0 aromatic rings. The molecule has 0 aliphatic rings. The van der Waals surface area contributed by atoms with Crippen LogP contribution in [0.3, 0.4) is 0 Å². The minimum atomic E-state index is -1.11. The molecule has 0 aromatic carbocycles. The fourth-order valence-electron chi connectivity index (χ4n) is 0.709. The summed E-state index contributed by atoms with van der Waals surface area (Å²) in [5.74, 6) is -0.311. The predicted molar refractivity (Wildman–Crippen MR) is 54.7 cm³/mol. The van der Waals surface area contributed by atoms with Gasteiger partial charge in [0.25, 0.3) is 0 Å².